The second kappa shape index (κ2) is 5.87. The maximum Gasteiger partial charge on any atom is 0.337 e. The first kappa shape index (κ1) is 16.6. The number of carboxylic acid groups (broad SMARTS) is 1. The molecule has 8 nitrogen and oxygen atoms in total. The number of amides is 1. The van der Waals surface area contributed by atoms with Gasteiger partial charge in [-0.05, 0) is 20.0 Å². The highest BCUT2D eigenvalue weighted by atomic mass is 32.2. The van der Waals surface area contributed by atoms with Crippen molar-refractivity contribution in [2.24, 2.45) is 0 Å². The largest absolute Gasteiger partial charge is 0.479 e. The first-order valence-electron chi connectivity index (χ1n) is 5.36. The number of aliphatic hydroxyl groups is 1. The number of hydrogen-bond donors (Lipinski definition) is 4. The molecule has 10 heteroatoms. The Labute approximate surface area is 119 Å². The van der Waals surface area contributed by atoms with Crippen LogP contribution in [0.4, 0.5) is 0 Å². The van der Waals surface area contributed by atoms with E-state index in [0.717, 1.165) is 18.3 Å². The van der Waals surface area contributed by atoms with Crippen molar-refractivity contribution in [1.29, 1.82) is 0 Å². The van der Waals surface area contributed by atoms with Crippen molar-refractivity contribution in [2.45, 2.75) is 17.4 Å². The summed E-state index contributed by atoms with van der Waals surface area (Å²) in [4.78, 5) is 22.4. The van der Waals surface area contributed by atoms with Gasteiger partial charge in [-0.1, -0.05) is 0 Å². The normalized spacial score (nSPS) is 14.6. The van der Waals surface area contributed by atoms with Crippen LogP contribution in [-0.4, -0.2) is 49.7 Å². The smallest absolute Gasteiger partial charge is 0.337 e. The predicted octanol–water partition coefficient (Wildman–Crippen LogP) is -0.778. The van der Waals surface area contributed by atoms with Crippen molar-refractivity contribution in [3.05, 3.63) is 16.3 Å². The summed E-state index contributed by atoms with van der Waals surface area (Å²) < 4.78 is 25.1. The van der Waals surface area contributed by atoms with Crippen LogP contribution in [0, 0.1) is 0 Å². The van der Waals surface area contributed by atoms with E-state index in [9.17, 15) is 23.1 Å². The Morgan fingerprint density at radius 1 is 1.45 bits per heavy atom. The molecule has 1 aromatic heterocycles. The van der Waals surface area contributed by atoms with E-state index < -0.39 is 34.0 Å². The first-order valence-corrected chi connectivity index (χ1v) is 7.72. The summed E-state index contributed by atoms with van der Waals surface area (Å²) >= 11 is 0.899. The predicted molar refractivity (Wildman–Crippen MR) is 71.2 cm³/mol. The van der Waals surface area contributed by atoms with Crippen molar-refractivity contribution < 1.29 is 28.2 Å². The SMILES string of the molecule is CNS(=O)(=O)c1csc(C(=O)NCC(C)(O)C(=O)O)c1. The van der Waals surface area contributed by atoms with Crippen LogP contribution in [-0.2, 0) is 14.8 Å². The molecule has 0 saturated heterocycles. The van der Waals surface area contributed by atoms with E-state index in [1.165, 1.54) is 18.5 Å². The number of thiophene rings is 1. The lowest BCUT2D eigenvalue weighted by atomic mass is 10.1. The van der Waals surface area contributed by atoms with Gasteiger partial charge in [0.15, 0.2) is 5.60 Å². The van der Waals surface area contributed by atoms with Crippen LogP contribution in [0.2, 0.25) is 0 Å². The van der Waals surface area contributed by atoms with E-state index in [0.29, 0.717) is 0 Å². The molecule has 0 aromatic carbocycles. The van der Waals surface area contributed by atoms with E-state index in [1.807, 2.05) is 0 Å². The molecule has 0 spiro atoms. The third kappa shape index (κ3) is 3.76. The molecule has 0 radical (unpaired) electrons. The Morgan fingerprint density at radius 3 is 2.55 bits per heavy atom. The minimum absolute atomic E-state index is 0.0554. The minimum Gasteiger partial charge on any atom is -0.479 e. The summed E-state index contributed by atoms with van der Waals surface area (Å²) in [6.07, 6.45) is 0. The number of carbonyl (C=O) groups is 2. The van der Waals surface area contributed by atoms with Gasteiger partial charge in [0.05, 0.1) is 16.3 Å². The molecule has 0 bridgehead atoms. The van der Waals surface area contributed by atoms with Crippen molar-refractivity contribution in [1.82, 2.24) is 10.0 Å². The van der Waals surface area contributed by atoms with Crippen LogP contribution in [0.3, 0.4) is 0 Å². The Balaban J connectivity index is 2.78. The van der Waals surface area contributed by atoms with Crippen molar-refractivity contribution in [3.63, 3.8) is 0 Å². The molecule has 1 rings (SSSR count). The molecular weight excluding hydrogens is 308 g/mol. The van der Waals surface area contributed by atoms with Gasteiger partial charge >= 0.3 is 5.97 Å². The summed E-state index contributed by atoms with van der Waals surface area (Å²) in [5, 5.41) is 21.6. The first-order chi connectivity index (χ1) is 9.10. The maximum absolute atomic E-state index is 11.7. The Hall–Kier alpha value is -1.49. The fourth-order valence-electron chi connectivity index (χ4n) is 1.11. The Morgan fingerprint density at radius 2 is 2.05 bits per heavy atom. The summed E-state index contributed by atoms with van der Waals surface area (Å²) in [5.74, 6) is -2.13. The third-order valence-electron chi connectivity index (χ3n) is 2.43. The summed E-state index contributed by atoms with van der Waals surface area (Å²) in [7, 11) is -2.38. The molecule has 4 N–H and O–H groups in total. The van der Waals surface area contributed by atoms with E-state index in [-0.39, 0.29) is 9.77 Å². The molecule has 0 aliphatic carbocycles. The molecule has 0 fully saturated rings. The second-order valence-electron chi connectivity index (χ2n) is 4.12. The lowest BCUT2D eigenvalue weighted by Crippen LogP contribution is -2.46. The molecule has 112 valence electrons. The van der Waals surface area contributed by atoms with Crippen LogP contribution in [0.15, 0.2) is 16.3 Å². The fraction of sp³-hybridized carbons (Fsp3) is 0.400. The lowest BCUT2D eigenvalue weighted by Gasteiger charge is -2.17. The highest BCUT2D eigenvalue weighted by molar-refractivity contribution is 7.89. The topological polar surface area (TPSA) is 133 Å². The van der Waals surface area contributed by atoms with E-state index in [4.69, 9.17) is 5.11 Å². The summed E-state index contributed by atoms with van der Waals surface area (Å²) in [5.41, 5.74) is -2.09. The van der Waals surface area contributed by atoms with Gasteiger partial charge in [0.2, 0.25) is 10.0 Å². The highest BCUT2D eigenvalue weighted by Gasteiger charge is 2.30. The molecule has 1 aromatic rings. The third-order valence-corrected chi connectivity index (χ3v) is 4.90. The van der Waals surface area contributed by atoms with Gasteiger partial charge in [-0.2, -0.15) is 0 Å². The number of rotatable bonds is 6. The minimum atomic E-state index is -3.63. The number of nitrogens with one attached hydrogen (secondary N) is 2. The average Bonchev–Trinajstić information content (AvgIpc) is 2.86. The van der Waals surface area contributed by atoms with E-state index >= 15 is 0 Å². The zero-order valence-electron chi connectivity index (χ0n) is 10.7. The zero-order valence-corrected chi connectivity index (χ0v) is 12.3. The molecule has 0 aliphatic rings. The molecule has 20 heavy (non-hydrogen) atoms. The van der Waals surface area contributed by atoms with Crippen LogP contribution < -0.4 is 10.0 Å². The van der Waals surface area contributed by atoms with Gasteiger partial charge in [-0.25, -0.2) is 17.9 Å². The molecule has 0 aliphatic heterocycles. The highest BCUT2D eigenvalue weighted by Crippen LogP contribution is 2.19. The average molecular weight is 322 g/mol. The molecule has 1 heterocycles. The lowest BCUT2D eigenvalue weighted by molar-refractivity contribution is -0.155. The van der Waals surface area contributed by atoms with Crippen LogP contribution >= 0.6 is 11.3 Å². The number of carbonyl (C=O) groups excluding carboxylic acids is 1. The van der Waals surface area contributed by atoms with Gasteiger partial charge in [0.1, 0.15) is 0 Å². The number of carboxylic acids is 1. The van der Waals surface area contributed by atoms with Gasteiger partial charge < -0.3 is 15.5 Å². The summed E-state index contributed by atoms with van der Waals surface area (Å²) in [6.45, 7) is 0.550. The van der Waals surface area contributed by atoms with Gasteiger partial charge in [0.25, 0.3) is 5.91 Å². The summed E-state index contributed by atoms with van der Waals surface area (Å²) in [6, 6.07) is 1.17. The quantitative estimate of drug-likeness (QED) is 0.543. The van der Waals surface area contributed by atoms with E-state index in [1.54, 1.807) is 0 Å². The standard InChI is InChI=1S/C10H14N2O6S2/c1-10(16,9(14)15)5-12-8(13)7-3-6(4-19-7)20(17,18)11-2/h3-4,11,16H,5H2,1-2H3,(H,12,13)(H,14,15). The van der Waals surface area contributed by atoms with Gasteiger partial charge in [0, 0.05) is 5.38 Å². The molecule has 1 atom stereocenters. The Bertz CT molecular complexity index is 619. The zero-order chi connectivity index (χ0) is 15.6. The molecule has 0 saturated carbocycles. The van der Waals surface area contributed by atoms with Crippen LogP contribution in [0.25, 0.3) is 0 Å². The fourth-order valence-corrected chi connectivity index (χ4v) is 3.03. The van der Waals surface area contributed by atoms with Crippen LogP contribution in [0.5, 0.6) is 0 Å². The number of sulfonamides is 1. The maximum atomic E-state index is 11.7. The van der Waals surface area contributed by atoms with Crippen LogP contribution in [0.1, 0.15) is 16.6 Å². The monoisotopic (exact) mass is 322 g/mol. The number of hydrogen-bond acceptors (Lipinski definition) is 6. The van der Waals surface area contributed by atoms with Gasteiger partial charge in [-0.15, -0.1) is 11.3 Å². The molecule has 1 unspecified atom stereocenters. The second-order valence-corrected chi connectivity index (χ2v) is 6.91. The van der Waals surface area contributed by atoms with Crippen molar-refractivity contribution in [3.8, 4) is 0 Å². The molecular formula is C10H14N2O6S2. The van der Waals surface area contributed by atoms with Gasteiger partial charge in [-0.3, -0.25) is 4.79 Å². The Kier molecular flexibility index (Phi) is 4.86. The number of aliphatic carboxylic acids is 1. The van der Waals surface area contributed by atoms with Crippen molar-refractivity contribution in [2.75, 3.05) is 13.6 Å². The molecule has 1 amide bonds. The van der Waals surface area contributed by atoms with E-state index in [2.05, 4.69) is 10.0 Å². The van der Waals surface area contributed by atoms with Crippen molar-refractivity contribution >= 4 is 33.2 Å².